The van der Waals surface area contributed by atoms with E-state index in [0.717, 1.165) is 56.9 Å². The van der Waals surface area contributed by atoms with Gasteiger partial charge in [-0.15, -0.1) is 12.4 Å². The Labute approximate surface area is 137 Å². The molecule has 0 radical (unpaired) electrons. The van der Waals surface area contributed by atoms with Crippen molar-refractivity contribution in [3.8, 4) is 0 Å². The lowest BCUT2D eigenvalue weighted by molar-refractivity contribution is 0.0654. The number of hydrogen-bond donors (Lipinski definition) is 1. The van der Waals surface area contributed by atoms with Crippen LogP contribution in [0.4, 0.5) is 0 Å². The fourth-order valence-corrected chi connectivity index (χ4v) is 3.22. The largest absolute Gasteiger partial charge is 0.381 e. The molecule has 3 heterocycles. The molecule has 0 unspecified atom stereocenters. The highest BCUT2D eigenvalue weighted by Gasteiger charge is 2.26. The van der Waals surface area contributed by atoms with Crippen LogP contribution in [0.2, 0.25) is 0 Å². The molecule has 2 aliphatic rings. The highest BCUT2D eigenvalue weighted by atomic mass is 35.5. The van der Waals surface area contributed by atoms with Crippen LogP contribution in [0.25, 0.3) is 0 Å². The summed E-state index contributed by atoms with van der Waals surface area (Å²) in [6.07, 6.45) is 3.68. The number of rotatable bonds is 2. The summed E-state index contributed by atoms with van der Waals surface area (Å²) in [4.78, 5) is 14.6. The van der Waals surface area contributed by atoms with Gasteiger partial charge in [-0.2, -0.15) is 5.10 Å². The van der Waals surface area contributed by atoms with Crippen LogP contribution in [-0.4, -0.2) is 59.5 Å². The lowest BCUT2D eigenvalue weighted by Gasteiger charge is -2.32. The molecule has 2 aliphatic heterocycles. The van der Waals surface area contributed by atoms with Crippen LogP contribution >= 0.6 is 12.4 Å². The van der Waals surface area contributed by atoms with Gasteiger partial charge in [-0.3, -0.25) is 9.48 Å². The van der Waals surface area contributed by atoms with Gasteiger partial charge in [-0.25, -0.2) is 0 Å². The Morgan fingerprint density at radius 3 is 2.82 bits per heavy atom. The van der Waals surface area contributed by atoms with Gasteiger partial charge in [0, 0.05) is 44.6 Å². The van der Waals surface area contributed by atoms with Crippen LogP contribution in [-0.2, 0) is 4.74 Å². The molecule has 1 N–H and O–H groups in total. The van der Waals surface area contributed by atoms with Gasteiger partial charge in [0.25, 0.3) is 5.91 Å². The Morgan fingerprint density at radius 2 is 2.14 bits per heavy atom. The molecule has 0 bridgehead atoms. The van der Waals surface area contributed by atoms with Crippen molar-refractivity contribution in [2.45, 2.75) is 38.8 Å². The molecule has 2 saturated heterocycles. The molecule has 6 nitrogen and oxygen atoms in total. The summed E-state index contributed by atoms with van der Waals surface area (Å²) in [6.45, 7) is 8.07. The van der Waals surface area contributed by atoms with Gasteiger partial charge >= 0.3 is 0 Å². The van der Waals surface area contributed by atoms with Crippen molar-refractivity contribution in [2.75, 3.05) is 32.8 Å². The van der Waals surface area contributed by atoms with Gasteiger partial charge in [0.2, 0.25) is 0 Å². The van der Waals surface area contributed by atoms with E-state index in [1.54, 1.807) is 6.20 Å². The molecule has 2 fully saturated rings. The van der Waals surface area contributed by atoms with Gasteiger partial charge in [-0.1, -0.05) is 0 Å². The van der Waals surface area contributed by atoms with E-state index in [2.05, 4.69) is 17.3 Å². The fourth-order valence-electron chi connectivity index (χ4n) is 3.22. The second-order valence-corrected chi connectivity index (χ2v) is 6.04. The monoisotopic (exact) mass is 328 g/mol. The van der Waals surface area contributed by atoms with Crippen LogP contribution in [0.15, 0.2) is 6.20 Å². The van der Waals surface area contributed by atoms with Gasteiger partial charge in [0.1, 0.15) is 0 Å². The van der Waals surface area contributed by atoms with Crippen molar-refractivity contribution in [3.63, 3.8) is 0 Å². The third-order valence-electron chi connectivity index (χ3n) is 4.47. The second kappa shape index (κ2) is 7.44. The van der Waals surface area contributed by atoms with E-state index >= 15 is 0 Å². The van der Waals surface area contributed by atoms with Gasteiger partial charge in [0.05, 0.1) is 17.8 Å². The van der Waals surface area contributed by atoms with Crippen molar-refractivity contribution in [1.29, 1.82) is 0 Å². The van der Waals surface area contributed by atoms with Crippen LogP contribution in [0.5, 0.6) is 0 Å². The predicted octanol–water partition coefficient (Wildman–Crippen LogP) is 1.40. The van der Waals surface area contributed by atoms with E-state index in [1.165, 1.54) is 0 Å². The summed E-state index contributed by atoms with van der Waals surface area (Å²) in [5, 5.41) is 7.83. The highest BCUT2D eigenvalue weighted by Crippen LogP contribution is 2.23. The highest BCUT2D eigenvalue weighted by molar-refractivity contribution is 5.95. The number of halogens is 1. The van der Waals surface area contributed by atoms with E-state index in [9.17, 15) is 4.79 Å². The molecule has 124 valence electrons. The maximum atomic E-state index is 12.7. The number of ether oxygens (including phenoxy) is 1. The zero-order valence-electron chi connectivity index (χ0n) is 13.2. The molecular weight excluding hydrogens is 304 g/mol. The number of nitrogens with zero attached hydrogens (tertiary/aromatic N) is 3. The van der Waals surface area contributed by atoms with Crippen molar-refractivity contribution < 1.29 is 9.53 Å². The number of carbonyl (C=O) groups is 1. The smallest absolute Gasteiger partial charge is 0.257 e. The standard InChI is InChI=1S/C15H24N4O2.ClH/c1-11-10-18(6-5-16-11)15(20)14-9-17-19(12(14)2)13-3-7-21-8-4-13;/h9,11,13,16H,3-8,10H2,1-2H3;1H/t11-;/m1./s1. The van der Waals surface area contributed by atoms with E-state index in [-0.39, 0.29) is 18.3 Å². The maximum absolute atomic E-state index is 12.7. The lowest BCUT2D eigenvalue weighted by atomic mass is 10.1. The quantitative estimate of drug-likeness (QED) is 0.891. The topological polar surface area (TPSA) is 59.4 Å². The Balaban J connectivity index is 0.00000176. The number of aromatic nitrogens is 2. The Morgan fingerprint density at radius 1 is 1.41 bits per heavy atom. The molecule has 0 aromatic carbocycles. The first-order valence-electron chi connectivity index (χ1n) is 7.81. The number of amides is 1. The fraction of sp³-hybridized carbons (Fsp3) is 0.733. The van der Waals surface area contributed by atoms with Crippen molar-refractivity contribution >= 4 is 18.3 Å². The van der Waals surface area contributed by atoms with Crippen LogP contribution in [0.1, 0.15) is 41.9 Å². The first-order valence-corrected chi connectivity index (χ1v) is 7.81. The molecule has 7 heteroatoms. The van der Waals surface area contributed by atoms with Gasteiger partial charge in [0.15, 0.2) is 0 Å². The molecule has 1 atom stereocenters. The molecule has 1 amide bonds. The first kappa shape index (κ1) is 17.2. The third kappa shape index (κ3) is 3.45. The minimum atomic E-state index is 0. The number of piperazine rings is 1. The molecule has 1 aromatic heterocycles. The summed E-state index contributed by atoms with van der Waals surface area (Å²) >= 11 is 0. The average Bonchev–Trinajstić information content (AvgIpc) is 2.89. The van der Waals surface area contributed by atoms with Gasteiger partial charge < -0.3 is 15.0 Å². The Kier molecular flexibility index (Phi) is 5.83. The van der Waals surface area contributed by atoms with Crippen LogP contribution in [0, 0.1) is 6.92 Å². The van der Waals surface area contributed by atoms with E-state index in [4.69, 9.17) is 4.74 Å². The predicted molar refractivity (Wildman–Crippen MR) is 86.7 cm³/mol. The minimum absolute atomic E-state index is 0. The molecule has 22 heavy (non-hydrogen) atoms. The summed E-state index contributed by atoms with van der Waals surface area (Å²) in [7, 11) is 0. The molecule has 1 aromatic rings. The molecule has 0 spiro atoms. The summed E-state index contributed by atoms with van der Waals surface area (Å²) in [5.41, 5.74) is 1.73. The van der Waals surface area contributed by atoms with Crippen LogP contribution < -0.4 is 5.32 Å². The molecule has 3 rings (SSSR count). The lowest BCUT2D eigenvalue weighted by Crippen LogP contribution is -2.51. The van der Waals surface area contributed by atoms with Gasteiger partial charge in [-0.05, 0) is 26.7 Å². The first-order chi connectivity index (χ1) is 10.2. The third-order valence-corrected chi connectivity index (χ3v) is 4.47. The minimum Gasteiger partial charge on any atom is -0.381 e. The summed E-state index contributed by atoms with van der Waals surface area (Å²) in [5.74, 6) is 0.110. The summed E-state index contributed by atoms with van der Waals surface area (Å²) < 4.78 is 7.41. The van der Waals surface area contributed by atoms with Crippen LogP contribution in [0.3, 0.4) is 0 Å². The van der Waals surface area contributed by atoms with E-state index in [1.807, 2.05) is 16.5 Å². The zero-order valence-corrected chi connectivity index (χ0v) is 14.1. The normalized spacial score (nSPS) is 23.2. The average molecular weight is 329 g/mol. The number of carbonyl (C=O) groups excluding carboxylic acids is 1. The maximum Gasteiger partial charge on any atom is 0.257 e. The molecular formula is C15H25ClN4O2. The number of nitrogens with one attached hydrogen (secondary N) is 1. The van der Waals surface area contributed by atoms with Crippen molar-refractivity contribution in [2.24, 2.45) is 0 Å². The Hall–Kier alpha value is -1.11. The molecule has 0 aliphatic carbocycles. The van der Waals surface area contributed by atoms with E-state index in [0.29, 0.717) is 12.1 Å². The second-order valence-electron chi connectivity index (χ2n) is 6.04. The summed E-state index contributed by atoms with van der Waals surface area (Å²) in [6, 6.07) is 0.718. The number of hydrogen-bond acceptors (Lipinski definition) is 4. The zero-order chi connectivity index (χ0) is 14.8. The van der Waals surface area contributed by atoms with E-state index < -0.39 is 0 Å². The van der Waals surface area contributed by atoms with Crippen molar-refractivity contribution in [1.82, 2.24) is 20.0 Å². The molecule has 0 saturated carbocycles. The SMILES string of the molecule is Cc1c(C(=O)N2CCN[C@H](C)C2)cnn1C1CCOCC1.Cl. The van der Waals surface area contributed by atoms with Crippen molar-refractivity contribution in [3.05, 3.63) is 17.5 Å². The Bertz CT molecular complexity index is 514.